The fourth-order valence-electron chi connectivity index (χ4n) is 2.44. The van der Waals surface area contributed by atoms with Crippen LogP contribution in [0.15, 0.2) is 18.2 Å². The molecule has 4 nitrogen and oxygen atoms in total. The van der Waals surface area contributed by atoms with E-state index < -0.39 is 0 Å². The molecule has 0 aliphatic carbocycles. The highest BCUT2D eigenvalue weighted by atomic mass is 35.5. The summed E-state index contributed by atoms with van der Waals surface area (Å²) in [5.74, 6) is -0.153. The van der Waals surface area contributed by atoms with Crippen LogP contribution >= 0.6 is 11.6 Å². The molecule has 0 N–H and O–H groups in total. The molecular weight excluding hydrogens is 276 g/mol. The van der Waals surface area contributed by atoms with Crippen molar-refractivity contribution >= 4 is 29.1 Å². The van der Waals surface area contributed by atoms with Crippen molar-refractivity contribution in [2.45, 2.75) is 26.7 Å². The van der Waals surface area contributed by atoms with E-state index in [4.69, 9.17) is 11.6 Å². The predicted octanol–water partition coefficient (Wildman–Crippen LogP) is 2.62. The van der Waals surface area contributed by atoms with E-state index >= 15 is 0 Å². The minimum absolute atomic E-state index is 0.00271. The number of anilines is 1. The van der Waals surface area contributed by atoms with Crippen molar-refractivity contribution in [1.82, 2.24) is 4.90 Å². The molecule has 0 bridgehead atoms. The third-order valence-electron chi connectivity index (χ3n) is 3.59. The first kappa shape index (κ1) is 14.9. The number of benzene rings is 1. The van der Waals surface area contributed by atoms with E-state index in [2.05, 4.69) is 0 Å². The van der Waals surface area contributed by atoms with Gasteiger partial charge in [-0.05, 0) is 37.5 Å². The van der Waals surface area contributed by atoms with E-state index in [9.17, 15) is 9.59 Å². The van der Waals surface area contributed by atoms with Gasteiger partial charge in [0.25, 0.3) is 0 Å². The van der Waals surface area contributed by atoms with Crippen molar-refractivity contribution < 1.29 is 9.59 Å². The summed E-state index contributed by atoms with van der Waals surface area (Å²) in [5.41, 5.74) is 1.64. The summed E-state index contributed by atoms with van der Waals surface area (Å²) >= 11 is 6.00. The third-order valence-corrected chi connectivity index (χ3v) is 3.83. The van der Waals surface area contributed by atoms with Crippen LogP contribution in [-0.4, -0.2) is 36.3 Å². The van der Waals surface area contributed by atoms with Crippen molar-refractivity contribution in [3.05, 3.63) is 28.8 Å². The standard InChI is InChI=1S/C15H19ClN2O2/c1-11-5-6-13(16)9-14(11)18(12(2)19)10-15(20)17-7-3-4-8-17/h5-6,9H,3-4,7-8,10H2,1-2H3. The van der Waals surface area contributed by atoms with Crippen LogP contribution in [0.1, 0.15) is 25.3 Å². The van der Waals surface area contributed by atoms with Crippen LogP contribution in [0.5, 0.6) is 0 Å². The number of likely N-dealkylation sites (tertiary alicyclic amines) is 1. The third kappa shape index (κ3) is 3.31. The van der Waals surface area contributed by atoms with E-state index in [1.165, 1.54) is 11.8 Å². The van der Waals surface area contributed by atoms with Gasteiger partial charge in [-0.2, -0.15) is 0 Å². The maximum absolute atomic E-state index is 12.2. The van der Waals surface area contributed by atoms with E-state index in [0.717, 1.165) is 31.5 Å². The van der Waals surface area contributed by atoms with Crippen LogP contribution < -0.4 is 4.90 Å². The van der Waals surface area contributed by atoms with Crippen molar-refractivity contribution in [2.75, 3.05) is 24.5 Å². The zero-order valence-electron chi connectivity index (χ0n) is 11.9. The van der Waals surface area contributed by atoms with Gasteiger partial charge in [-0.3, -0.25) is 9.59 Å². The summed E-state index contributed by atoms with van der Waals surface area (Å²) in [7, 11) is 0. The molecular formula is C15H19ClN2O2. The maximum atomic E-state index is 12.2. The lowest BCUT2D eigenvalue weighted by Crippen LogP contribution is -2.41. The van der Waals surface area contributed by atoms with Gasteiger partial charge in [0.1, 0.15) is 6.54 Å². The van der Waals surface area contributed by atoms with E-state index in [0.29, 0.717) is 10.7 Å². The largest absolute Gasteiger partial charge is 0.341 e. The highest BCUT2D eigenvalue weighted by Gasteiger charge is 2.23. The first-order valence-corrected chi connectivity index (χ1v) is 7.19. The number of hydrogen-bond acceptors (Lipinski definition) is 2. The zero-order chi connectivity index (χ0) is 14.7. The summed E-state index contributed by atoms with van der Waals surface area (Å²) in [6, 6.07) is 5.37. The fourth-order valence-corrected chi connectivity index (χ4v) is 2.61. The maximum Gasteiger partial charge on any atom is 0.242 e. The summed E-state index contributed by atoms with van der Waals surface area (Å²) in [5, 5.41) is 0.561. The molecule has 0 spiro atoms. The molecule has 0 saturated carbocycles. The van der Waals surface area contributed by atoms with Crippen LogP contribution in [0, 0.1) is 6.92 Å². The van der Waals surface area contributed by atoms with Gasteiger partial charge >= 0.3 is 0 Å². The second kappa shape index (κ2) is 6.27. The summed E-state index contributed by atoms with van der Waals surface area (Å²) < 4.78 is 0. The lowest BCUT2D eigenvalue weighted by Gasteiger charge is -2.25. The Labute approximate surface area is 124 Å². The Morgan fingerprint density at radius 2 is 1.95 bits per heavy atom. The van der Waals surface area contributed by atoms with Gasteiger partial charge in [0.2, 0.25) is 11.8 Å². The SMILES string of the molecule is CC(=O)N(CC(=O)N1CCCC1)c1cc(Cl)ccc1C. The molecule has 1 aliphatic heterocycles. The van der Waals surface area contributed by atoms with Gasteiger partial charge < -0.3 is 9.80 Å². The molecule has 1 aromatic rings. The monoisotopic (exact) mass is 294 g/mol. The summed E-state index contributed by atoms with van der Waals surface area (Å²) in [6.45, 7) is 5.04. The van der Waals surface area contributed by atoms with Crippen molar-refractivity contribution in [3.8, 4) is 0 Å². The normalized spacial score (nSPS) is 14.4. The van der Waals surface area contributed by atoms with E-state index in [1.54, 1.807) is 12.1 Å². The number of nitrogens with zero attached hydrogens (tertiary/aromatic N) is 2. The molecule has 0 aromatic heterocycles. The molecule has 20 heavy (non-hydrogen) atoms. The lowest BCUT2D eigenvalue weighted by molar-refractivity contribution is -0.130. The molecule has 1 fully saturated rings. The Bertz CT molecular complexity index is 525. The zero-order valence-corrected chi connectivity index (χ0v) is 12.6. The Morgan fingerprint density at radius 3 is 2.55 bits per heavy atom. The number of rotatable bonds is 3. The molecule has 0 atom stereocenters. The predicted molar refractivity (Wildman–Crippen MR) is 80.0 cm³/mol. The fraction of sp³-hybridized carbons (Fsp3) is 0.467. The first-order chi connectivity index (χ1) is 9.49. The molecule has 1 saturated heterocycles. The number of hydrogen-bond donors (Lipinski definition) is 0. The van der Waals surface area contributed by atoms with Gasteiger partial charge in [0, 0.05) is 30.7 Å². The molecule has 2 amide bonds. The van der Waals surface area contributed by atoms with Crippen molar-refractivity contribution in [2.24, 2.45) is 0 Å². The Balaban J connectivity index is 2.20. The molecule has 108 valence electrons. The quantitative estimate of drug-likeness (QED) is 0.860. The highest BCUT2D eigenvalue weighted by Crippen LogP contribution is 2.24. The summed E-state index contributed by atoms with van der Waals surface area (Å²) in [6.07, 6.45) is 2.09. The molecule has 5 heteroatoms. The van der Waals surface area contributed by atoms with Gasteiger partial charge in [-0.15, -0.1) is 0 Å². The average molecular weight is 295 g/mol. The highest BCUT2D eigenvalue weighted by molar-refractivity contribution is 6.31. The first-order valence-electron chi connectivity index (χ1n) is 6.81. The lowest BCUT2D eigenvalue weighted by atomic mass is 10.1. The number of carbonyl (C=O) groups is 2. The number of aryl methyl sites for hydroxylation is 1. The Hall–Kier alpha value is -1.55. The Morgan fingerprint density at radius 1 is 1.30 bits per heavy atom. The topological polar surface area (TPSA) is 40.6 Å². The van der Waals surface area contributed by atoms with Crippen LogP contribution in [0.25, 0.3) is 0 Å². The smallest absolute Gasteiger partial charge is 0.242 e. The molecule has 0 unspecified atom stereocenters. The van der Waals surface area contributed by atoms with Gasteiger partial charge in [0.05, 0.1) is 0 Å². The van der Waals surface area contributed by atoms with Crippen LogP contribution in [-0.2, 0) is 9.59 Å². The van der Waals surface area contributed by atoms with Crippen LogP contribution in [0.3, 0.4) is 0 Å². The van der Waals surface area contributed by atoms with E-state index in [-0.39, 0.29) is 18.4 Å². The van der Waals surface area contributed by atoms with Crippen molar-refractivity contribution in [3.63, 3.8) is 0 Å². The molecule has 2 rings (SSSR count). The second-order valence-corrected chi connectivity index (χ2v) is 5.56. The number of carbonyl (C=O) groups excluding carboxylic acids is 2. The minimum Gasteiger partial charge on any atom is -0.341 e. The number of amides is 2. The molecule has 1 heterocycles. The summed E-state index contributed by atoms with van der Waals surface area (Å²) in [4.78, 5) is 27.4. The van der Waals surface area contributed by atoms with Gasteiger partial charge in [-0.1, -0.05) is 17.7 Å². The molecule has 1 aromatic carbocycles. The van der Waals surface area contributed by atoms with Crippen molar-refractivity contribution in [1.29, 1.82) is 0 Å². The minimum atomic E-state index is -0.150. The van der Waals surface area contributed by atoms with Gasteiger partial charge in [-0.25, -0.2) is 0 Å². The molecule has 0 radical (unpaired) electrons. The second-order valence-electron chi connectivity index (χ2n) is 5.12. The van der Waals surface area contributed by atoms with Crippen LogP contribution in [0.4, 0.5) is 5.69 Å². The Kier molecular flexibility index (Phi) is 4.65. The molecule has 1 aliphatic rings. The number of halogens is 1. The van der Waals surface area contributed by atoms with Gasteiger partial charge in [0.15, 0.2) is 0 Å². The van der Waals surface area contributed by atoms with Crippen LogP contribution in [0.2, 0.25) is 5.02 Å². The van der Waals surface area contributed by atoms with E-state index in [1.807, 2.05) is 17.9 Å². The average Bonchev–Trinajstić information content (AvgIpc) is 2.92.